The Morgan fingerprint density at radius 2 is 2.20 bits per heavy atom. The number of hydrogen-bond donors (Lipinski definition) is 0. The molecule has 0 nitrogen and oxygen atoms in total. The zero-order valence-corrected chi connectivity index (χ0v) is 3.99. The average Bonchev–Trinajstić information content (AvgIpc) is 1.41. The van der Waals surface area contributed by atoms with Crippen molar-refractivity contribution in [2.45, 2.75) is 26.7 Å². The van der Waals surface area contributed by atoms with Gasteiger partial charge in [0.25, 0.3) is 0 Å². The number of rotatable bonds is 2. The van der Waals surface area contributed by atoms with Gasteiger partial charge in [-0.1, -0.05) is 13.3 Å². The molecule has 0 aromatic heterocycles. The standard InChI is InChI=1S/C5H11/c1-3-5-4-2/h3H,4-5H2,1-2H3/q-1. The molecule has 0 atom stereocenters. The van der Waals surface area contributed by atoms with Crippen LogP contribution in [0.1, 0.15) is 26.7 Å². The Morgan fingerprint density at radius 1 is 1.60 bits per heavy atom. The van der Waals surface area contributed by atoms with E-state index >= 15 is 0 Å². The van der Waals surface area contributed by atoms with Crippen molar-refractivity contribution in [3.8, 4) is 0 Å². The van der Waals surface area contributed by atoms with Crippen molar-refractivity contribution in [3.05, 3.63) is 6.42 Å². The molecular formula is C5H11-. The maximum absolute atomic E-state index is 2.18. The molecule has 0 N–H and O–H groups in total. The maximum atomic E-state index is 2.18. The van der Waals surface area contributed by atoms with Crippen LogP contribution >= 0.6 is 0 Å². The van der Waals surface area contributed by atoms with Gasteiger partial charge in [0.15, 0.2) is 0 Å². The Morgan fingerprint density at radius 3 is 2.20 bits per heavy atom. The van der Waals surface area contributed by atoms with Crippen molar-refractivity contribution in [1.82, 2.24) is 0 Å². The minimum absolute atomic E-state index is 1.26. The maximum Gasteiger partial charge on any atom is -0.0678 e. The highest BCUT2D eigenvalue weighted by atomic mass is 13.7. The molecule has 0 aliphatic rings. The Kier molecular flexibility index (Phi) is 4.00. The Bertz CT molecular complexity index is 7.51. The van der Waals surface area contributed by atoms with Crippen molar-refractivity contribution < 1.29 is 0 Å². The second kappa shape index (κ2) is 4.00. The third-order valence-corrected chi connectivity index (χ3v) is 0.577. The summed E-state index contributed by atoms with van der Waals surface area (Å²) in [7, 11) is 0. The molecule has 0 saturated heterocycles. The summed E-state index contributed by atoms with van der Waals surface area (Å²) in [6.45, 7) is 4.27. The van der Waals surface area contributed by atoms with E-state index in [9.17, 15) is 0 Å². The molecule has 0 spiro atoms. The molecule has 0 aliphatic heterocycles. The summed E-state index contributed by atoms with van der Waals surface area (Å²) in [6.07, 6.45) is 4.73. The van der Waals surface area contributed by atoms with Crippen LogP contribution in [0.15, 0.2) is 0 Å². The molecule has 0 radical (unpaired) electrons. The summed E-state index contributed by atoms with van der Waals surface area (Å²) in [5.74, 6) is 0. The summed E-state index contributed by atoms with van der Waals surface area (Å²) in [4.78, 5) is 0. The van der Waals surface area contributed by atoms with E-state index in [4.69, 9.17) is 0 Å². The molecule has 0 fully saturated rings. The second-order valence-electron chi connectivity index (χ2n) is 1.20. The first kappa shape index (κ1) is 5.00. The lowest BCUT2D eigenvalue weighted by molar-refractivity contribution is 0.901. The molecule has 32 valence electrons. The molecule has 0 rings (SSSR count). The minimum atomic E-state index is 1.26. The first-order valence-corrected chi connectivity index (χ1v) is 2.19. The molecule has 0 aromatic carbocycles. The van der Waals surface area contributed by atoms with E-state index in [0.29, 0.717) is 0 Å². The highest BCUT2D eigenvalue weighted by molar-refractivity contribution is 4.50. The van der Waals surface area contributed by atoms with Gasteiger partial charge in [0, 0.05) is 0 Å². The number of hydrogen-bond acceptors (Lipinski definition) is 0. The van der Waals surface area contributed by atoms with Gasteiger partial charge in [0.2, 0.25) is 0 Å². The van der Waals surface area contributed by atoms with Gasteiger partial charge in [0.1, 0.15) is 0 Å². The third-order valence-electron chi connectivity index (χ3n) is 0.577. The summed E-state index contributed by atoms with van der Waals surface area (Å²) in [5.41, 5.74) is 0. The lowest BCUT2D eigenvalue weighted by Crippen LogP contribution is -1.60. The lowest BCUT2D eigenvalue weighted by atomic mass is 10.3. The zero-order valence-electron chi connectivity index (χ0n) is 3.99. The van der Waals surface area contributed by atoms with E-state index in [-0.39, 0.29) is 0 Å². The van der Waals surface area contributed by atoms with Gasteiger partial charge >= 0.3 is 0 Å². The third kappa shape index (κ3) is 4.00. The van der Waals surface area contributed by atoms with Gasteiger partial charge in [0.05, 0.1) is 0 Å². The van der Waals surface area contributed by atoms with E-state index in [1.54, 1.807) is 0 Å². The van der Waals surface area contributed by atoms with Gasteiger partial charge in [-0.05, 0) is 0 Å². The molecule has 0 saturated carbocycles. The Balaban J connectivity index is 2.19. The van der Waals surface area contributed by atoms with E-state index in [2.05, 4.69) is 20.3 Å². The molecule has 0 bridgehead atoms. The molecule has 0 aromatic rings. The molecule has 0 amide bonds. The van der Waals surface area contributed by atoms with Crippen molar-refractivity contribution in [2.75, 3.05) is 0 Å². The first-order valence-electron chi connectivity index (χ1n) is 2.19. The first-order chi connectivity index (χ1) is 2.41. The molecule has 0 aliphatic carbocycles. The van der Waals surface area contributed by atoms with Crippen molar-refractivity contribution in [3.63, 3.8) is 0 Å². The van der Waals surface area contributed by atoms with Crippen molar-refractivity contribution in [1.29, 1.82) is 0 Å². The van der Waals surface area contributed by atoms with E-state index in [1.165, 1.54) is 12.8 Å². The van der Waals surface area contributed by atoms with Crippen LogP contribution in [0.3, 0.4) is 0 Å². The van der Waals surface area contributed by atoms with Crippen LogP contribution in [0.2, 0.25) is 0 Å². The highest BCUT2D eigenvalue weighted by Crippen LogP contribution is 1.86. The largest absolute Gasteiger partial charge is 0.332 e. The minimum Gasteiger partial charge on any atom is -0.332 e. The lowest BCUT2D eigenvalue weighted by Gasteiger charge is -1.93. The predicted molar refractivity (Wildman–Crippen MR) is 24.9 cm³/mol. The van der Waals surface area contributed by atoms with Gasteiger partial charge in [-0.3, -0.25) is 0 Å². The van der Waals surface area contributed by atoms with Gasteiger partial charge in [-0.2, -0.15) is 13.3 Å². The fraction of sp³-hybridized carbons (Fsp3) is 0.800. The Hall–Kier alpha value is 0. The van der Waals surface area contributed by atoms with Crippen LogP contribution in [0, 0.1) is 6.42 Å². The zero-order chi connectivity index (χ0) is 4.12. The molecule has 5 heavy (non-hydrogen) atoms. The van der Waals surface area contributed by atoms with Crippen LogP contribution in [0.4, 0.5) is 0 Å². The summed E-state index contributed by atoms with van der Waals surface area (Å²) >= 11 is 0. The normalized spacial score (nSPS) is 8.40. The summed E-state index contributed by atoms with van der Waals surface area (Å²) in [6, 6.07) is 0. The monoisotopic (exact) mass is 71.1 g/mol. The number of unbranched alkanes of at least 4 members (excludes halogenated alkanes) is 2. The van der Waals surface area contributed by atoms with Gasteiger partial charge in [-0.15, -0.1) is 0 Å². The van der Waals surface area contributed by atoms with E-state index < -0.39 is 0 Å². The topological polar surface area (TPSA) is 0 Å². The van der Waals surface area contributed by atoms with Crippen LogP contribution in [-0.2, 0) is 0 Å². The fourth-order valence-corrected chi connectivity index (χ4v) is 0.289. The summed E-state index contributed by atoms with van der Waals surface area (Å²) in [5, 5.41) is 0. The molecule has 0 heteroatoms. The average molecular weight is 71.1 g/mol. The van der Waals surface area contributed by atoms with Crippen molar-refractivity contribution >= 4 is 0 Å². The fourth-order valence-electron chi connectivity index (χ4n) is 0.289. The van der Waals surface area contributed by atoms with Crippen LogP contribution in [0.25, 0.3) is 0 Å². The van der Waals surface area contributed by atoms with Crippen LogP contribution in [-0.4, -0.2) is 0 Å². The van der Waals surface area contributed by atoms with Crippen LogP contribution in [0.5, 0.6) is 0 Å². The van der Waals surface area contributed by atoms with Crippen LogP contribution < -0.4 is 0 Å². The van der Waals surface area contributed by atoms with E-state index in [1.807, 2.05) is 0 Å². The quantitative estimate of drug-likeness (QED) is 0.437. The molecular weight excluding hydrogens is 60.1 g/mol. The highest BCUT2D eigenvalue weighted by Gasteiger charge is 1.56. The van der Waals surface area contributed by atoms with Gasteiger partial charge < -0.3 is 6.42 Å². The van der Waals surface area contributed by atoms with E-state index in [0.717, 1.165) is 0 Å². The van der Waals surface area contributed by atoms with Gasteiger partial charge in [-0.25, -0.2) is 0 Å². The smallest absolute Gasteiger partial charge is 0.0678 e. The molecule has 0 heterocycles. The second-order valence-corrected chi connectivity index (χ2v) is 1.20. The SMILES string of the molecule is C[CH-]CCC. The summed E-state index contributed by atoms with van der Waals surface area (Å²) < 4.78 is 0. The van der Waals surface area contributed by atoms with Crippen molar-refractivity contribution in [2.24, 2.45) is 0 Å². The molecule has 0 unspecified atom stereocenters. The predicted octanol–water partition coefficient (Wildman–Crippen LogP) is 2.01. The Labute approximate surface area is 34.2 Å².